The van der Waals surface area contributed by atoms with Gasteiger partial charge in [-0.15, -0.1) is 0 Å². The SMILES string of the molecule is Cc1ccc(C2=C(c3ccccc3)CC(Br)C(c3ccccc3)=C2)cc1. The summed E-state index contributed by atoms with van der Waals surface area (Å²) < 4.78 is 0. The molecule has 0 nitrogen and oxygen atoms in total. The minimum absolute atomic E-state index is 0.314. The minimum atomic E-state index is 0.314. The highest BCUT2D eigenvalue weighted by atomic mass is 79.9. The quantitative estimate of drug-likeness (QED) is 0.409. The van der Waals surface area contributed by atoms with Gasteiger partial charge in [0.2, 0.25) is 0 Å². The zero-order chi connectivity index (χ0) is 17.9. The van der Waals surface area contributed by atoms with Gasteiger partial charge >= 0.3 is 0 Å². The first-order valence-corrected chi connectivity index (χ1v) is 9.90. The third kappa shape index (κ3) is 3.45. The summed E-state index contributed by atoms with van der Waals surface area (Å²) >= 11 is 3.94. The fraction of sp³-hybridized carbons (Fsp3) is 0.120. The highest BCUT2D eigenvalue weighted by molar-refractivity contribution is 9.09. The van der Waals surface area contributed by atoms with Crippen LogP contribution in [0.25, 0.3) is 16.7 Å². The van der Waals surface area contributed by atoms with Crippen LogP contribution in [0.2, 0.25) is 0 Å². The van der Waals surface area contributed by atoms with E-state index in [0.717, 1.165) is 6.42 Å². The molecule has 0 aliphatic heterocycles. The maximum absolute atomic E-state index is 3.94. The summed E-state index contributed by atoms with van der Waals surface area (Å²) in [5, 5.41) is 0. The molecule has 0 saturated carbocycles. The van der Waals surface area contributed by atoms with Gasteiger partial charge in [0.25, 0.3) is 0 Å². The summed E-state index contributed by atoms with van der Waals surface area (Å²) in [6, 6.07) is 30.3. The predicted molar refractivity (Wildman–Crippen MR) is 116 cm³/mol. The molecule has 4 rings (SSSR count). The molecule has 0 heterocycles. The molecule has 0 fully saturated rings. The van der Waals surface area contributed by atoms with Gasteiger partial charge in [-0.25, -0.2) is 0 Å². The van der Waals surface area contributed by atoms with E-state index in [2.05, 4.69) is 114 Å². The summed E-state index contributed by atoms with van der Waals surface area (Å²) in [6.07, 6.45) is 3.35. The predicted octanol–water partition coefficient (Wildman–Crippen LogP) is 7.16. The largest absolute Gasteiger partial charge is 0.0835 e. The molecule has 0 spiro atoms. The van der Waals surface area contributed by atoms with E-state index in [-0.39, 0.29) is 0 Å². The van der Waals surface area contributed by atoms with Crippen LogP contribution in [0.5, 0.6) is 0 Å². The van der Waals surface area contributed by atoms with Crippen LogP contribution in [0.3, 0.4) is 0 Å². The second kappa shape index (κ2) is 7.47. The third-order valence-electron chi connectivity index (χ3n) is 4.94. The lowest BCUT2D eigenvalue weighted by Gasteiger charge is -2.26. The first-order valence-electron chi connectivity index (χ1n) is 8.99. The van der Waals surface area contributed by atoms with Crippen molar-refractivity contribution in [2.24, 2.45) is 0 Å². The minimum Gasteiger partial charge on any atom is -0.0835 e. The standard InChI is InChI=1S/C25H21Br/c1-18-12-14-21(15-13-18)22-16-24(20-10-6-3-7-11-20)25(26)17-23(22)19-8-4-2-5-9-19/h2-16,25H,17H2,1H3. The molecule has 0 radical (unpaired) electrons. The highest BCUT2D eigenvalue weighted by Gasteiger charge is 2.23. The topological polar surface area (TPSA) is 0 Å². The fourth-order valence-electron chi connectivity index (χ4n) is 3.53. The van der Waals surface area contributed by atoms with Gasteiger partial charge < -0.3 is 0 Å². The Morgan fingerprint density at radius 2 is 1.27 bits per heavy atom. The number of hydrogen-bond donors (Lipinski definition) is 0. The van der Waals surface area contributed by atoms with Crippen molar-refractivity contribution in [2.45, 2.75) is 18.2 Å². The molecule has 1 aliphatic carbocycles. The molecular weight excluding hydrogens is 380 g/mol. The summed E-state index contributed by atoms with van der Waals surface area (Å²) in [6.45, 7) is 2.14. The van der Waals surface area contributed by atoms with Crippen LogP contribution in [0, 0.1) is 6.92 Å². The molecule has 3 aromatic rings. The number of allylic oxidation sites excluding steroid dienone is 4. The van der Waals surface area contributed by atoms with Crippen molar-refractivity contribution in [2.75, 3.05) is 0 Å². The van der Waals surface area contributed by atoms with E-state index in [9.17, 15) is 0 Å². The molecule has 1 aliphatic rings. The zero-order valence-electron chi connectivity index (χ0n) is 14.8. The van der Waals surface area contributed by atoms with Gasteiger partial charge in [0, 0.05) is 4.83 Å². The first kappa shape index (κ1) is 17.1. The molecule has 0 saturated heterocycles. The van der Waals surface area contributed by atoms with E-state index >= 15 is 0 Å². The third-order valence-corrected chi connectivity index (χ3v) is 5.75. The number of rotatable bonds is 3. The molecule has 1 heteroatoms. The maximum atomic E-state index is 3.94. The van der Waals surface area contributed by atoms with Crippen molar-refractivity contribution in [3.8, 4) is 0 Å². The molecular formula is C25H21Br. The normalized spacial score (nSPS) is 17.2. The Balaban J connectivity index is 1.91. The zero-order valence-corrected chi connectivity index (χ0v) is 16.4. The number of halogens is 1. The van der Waals surface area contributed by atoms with Crippen molar-refractivity contribution in [1.82, 2.24) is 0 Å². The lowest BCUT2D eigenvalue weighted by molar-refractivity contribution is 1.11. The van der Waals surface area contributed by atoms with Gasteiger partial charge in [0.1, 0.15) is 0 Å². The number of hydrogen-bond acceptors (Lipinski definition) is 0. The molecule has 128 valence electrons. The van der Waals surface area contributed by atoms with Gasteiger partial charge in [-0.05, 0) is 52.8 Å². The first-order chi connectivity index (χ1) is 12.7. The molecule has 3 aromatic carbocycles. The molecule has 0 aromatic heterocycles. The smallest absolute Gasteiger partial charge is 0.0442 e. The van der Waals surface area contributed by atoms with Crippen molar-refractivity contribution < 1.29 is 0 Å². The van der Waals surface area contributed by atoms with Crippen LogP contribution >= 0.6 is 15.9 Å². The Morgan fingerprint density at radius 1 is 0.692 bits per heavy atom. The van der Waals surface area contributed by atoms with Gasteiger partial charge in [-0.1, -0.05) is 106 Å². The lowest BCUT2D eigenvalue weighted by atomic mass is 9.83. The van der Waals surface area contributed by atoms with E-state index in [0.29, 0.717) is 4.83 Å². The molecule has 0 bridgehead atoms. The van der Waals surface area contributed by atoms with Crippen molar-refractivity contribution in [1.29, 1.82) is 0 Å². The lowest BCUT2D eigenvalue weighted by Crippen LogP contribution is -2.10. The Kier molecular flexibility index (Phi) is 4.90. The molecule has 1 atom stereocenters. The van der Waals surface area contributed by atoms with Crippen LogP contribution in [0.15, 0.2) is 91.0 Å². The van der Waals surface area contributed by atoms with E-state index in [4.69, 9.17) is 0 Å². The number of alkyl halides is 1. The monoisotopic (exact) mass is 400 g/mol. The van der Waals surface area contributed by atoms with Crippen molar-refractivity contribution >= 4 is 32.6 Å². The van der Waals surface area contributed by atoms with Crippen molar-refractivity contribution in [3.63, 3.8) is 0 Å². The Bertz CT molecular complexity index is 948. The van der Waals surface area contributed by atoms with Gasteiger partial charge in [-0.2, -0.15) is 0 Å². The number of benzene rings is 3. The van der Waals surface area contributed by atoms with E-state index in [1.165, 1.54) is 39.0 Å². The Morgan fingerprint density at radius 3 is 1.88 bits per heavy atom. The summed E-state index contributed by atoms with van der Waals surface area (Å²) in [5.74, 6) is 0. The van der Waals surface area contributed by atoms with Crippen LogP contribution in [-0.4, -0.2) is 4.83 Å². The van der Waals surface area contributed by atoms with Crippen LogP contribution in [-0.2, 0) is 0 Å². The molecule has 1 unspecified atom stereocenters. The summed E-state index contributed by atoms with van der Waals surface area (Å²) in [4.78, 5) is 0.314. The van der Waals surface area contributed by atoms with E-state index in [1.807, 2.05) is 0 Å². The molecule has 0 amide bonds. The molecule has 26 heavy (non-hydrogen) atoms. The van der Waals surface area contributed by atoms with Gasteiger partial charge in [0.05, 0.1) is 0 Å². The highest BCUT2D eigenvalue weighted by Crippen LogP contribution is 2.42. The van der Waals surface area contributed by atoms with Crippen LogP contribution in [0.4, 0.5) is 0 Å². The second-order valence-corrected chi connectivity index (χ2v) is 7.87. The van der Waals surface area contributed by atoms with Crippen molar-refractivity contribution in [3.05, 3.63) is 113 Å². The van der Waals surface area contributed by atoms with E-state index in [1.54, 1.807) is 0 Å². The summed E-state index contributed by atoms with van der Waals surface area (Å²) in [7, 11) is 0. The summed E-state index contributed by atoms with van der Waals surface area (Å²) in [5.41, 5.74) is 9.23. The Hall–Kier alpha value is -2.38. The Labute approximate surface area is 164 Å². The average molecular weight is 401 g/mol. The average Bonchev–Trinajstić information content (AvgIpc) is 2.70. The maximum Gasteiger partial charge on any atom is 0.0442 e. The fourth-order valence-corrected chi connectivity index (χ4v) is 4.25. The number of aryl methyl sites for hydroxylation is 1. The second-order valence-electron chi connectivity index (χ2n) is 6.76. The van der Waals surface area contributed by atoms with Crippen LogP contribution < -0.4 is 0 Å². The molecule has 0 N–H and O–H groups in total. The van der Waals surface area contributed by atoms with E-state index < -0.39 is 0 Å². The van der Waals surface area contributed by atoms with Crippen LogP contribution in [0.1, 0.15) is 28.7 Å². The van der Waals surface area contributed by atoms with Gasteiger partial charge in [0.15, 0.2) is 0 Å². The van der Waals surface area contributed by atoms with Gasteiger partial charge in [-0.3, -0.25) is 0 Å².